The first kappa shape index (κ1) is 10.7. The van der Waals surface area contributed by atoms with Crippen LogP contribution in [0, 0.1) is 0 Å². The van der Waals surface area contributed by atoms with Crippen LogP contribution < -0.4 is 5.73 Å². The van der Waals surface area contributed by atoms with Crippen molar-refractivity contribution in [2.24, 2.45) is 5.73 Å². The highest BCUT2D eigenvalue weighted by molar-refractivity contribution is 7.09. The van der Waals surface area contributed by atoms with Crippen LogP contribution in [-0.4, -0.2) is 37.5 Å². The maximum atomic E-state index is 5.99. The molecule has 2 aliphatic heterocycles. The number of thiazole rings is 1. The number of nitrogens with zero attached hydrogens (tertiary/aromatic N) is 1. The third-order valence-corrected chi connectivity index (χ3v) is 4.35. The molecule has 2 aliphatic rings. The van der Waals surface area contributed by atoms with E-state index >= 15 is 0 Å². The first-order chi connectivity index (χ1) is 7.84. The monoisotopic (exact) mass is 240 g/mol. The molecule has 3 heterocycles. The molecule has 1 aromatic heterocycles. The molecular weight excluding hydrogens is 224 g/mol. The highest BCUT2D eigenvalue weighted by atomic mass is 32.1. The Labute approximate surface area is 98.8 Å². The molecule has 3 atom stereocenters. The van der Waals surface area contributed by atoms with Gasteiger partial charge in [0.15, 0.2) is 0 Å². The lowest BCUT2D eigenvalue weighted by molar-refractivity contribution is 0.190. The Kier molecular flexibility index (Phi) is 2.93. The van der Waals surface area contributed by atoms with Crippen LogP contribution in [0.25, 0.3) is 0 Å². The fourth-order valence-electron chi connectivity index (χ4n) is 2.26. The minimum Gasteiger partial charge on any atom is -0.381 e. The van der Waals surface area contributed by atoms with E-state index < -0.39 is 0 Å². The van der Waals surface area contributed by atoms with Crippen LogP contribution in [0.2, 0.25) is 0 Å². The molecule has 88 valence electrons. The predicted molar refractivity (Wildman–Crippen MR) is 61.8 cm³/mol. The van der Waals surface area contributed by atoms with Gasteiger partial charge in [0.05, 0.1) is 30.5 Å². The molecule has 0 radical (unpaired) electrons. The number of hydrogen-bond acceptors (Lipinski definition) is 5. The van der Waals surface area contributed by atoms with E-state index in [0.717, 1.165) is 25.3 Å². The van der Waals surface area contributed by atoms with Gasteiger partial charge in [-0.3, -0.25) is 0 Å². The van der Waals surface area contributed by atoms with Gasteiger partial charge in [0.1, 0.15) is 0 Å². The normalized spacial score (nSPS) is 34.7. The first-order valence-electron chi connectivity index (χ1n) is 5.71. The summed E-state index contributed by atoms with van der Waals surface area (Å²) in [5.74, 6) is 0.782. The van der Waals surface area contributed by atoms with E-state index in [4.69, 9.17) is 20.2 Å². The summed E-state index contributed by atoms with van der Waals surface area (Å²) in [6.45, 7) is 3.06. The van der Waals surface area contributed by atoms with E-state index in [-0.39, 0.29) is 12.0 Å². The maximum Gasteiger partial charge on any atom is 0.0983 e. The molecule has 2 saturated heterocycles. The minimum absolute atomic E-state index is 0.106. The Morgan fingerprint density at radius 3 is 2.94 bits per heavy atom. The van der Waals surface area contributed by atoms with Gasteiger partial charge >= 0.3 is 0 Å². The van der Waals surface area contributed by atoms with Gasteiger partial charge in [-0.25, -0.2) is 4.98 Å². The Hall–Kier alpha value is -0.490. The first-order valence-corrected chi connectivity index (χ1v) is 6.59. The Bertz CT molecular complexity index is 363. The Morgan fingerprint density at radius 1 is 1.31 bits per heavy atom. The van der Waals surface area contributed by atoms with Crippen LogP contribution >= 0.6 is 11.3 Å². The van der Waals surface area contributed by atoms with E-state index in [1.54, 1.807) is 11.3 Å². The van der Waals surface area contributed by atoms with Crippen molar-refractivity contribution in [2.45, 2.75) is 24.3 Å². The highest BCUT2D eigenvalue weighted by Crippen LogP contribution is 2.31. The second kappa shape index (κ2) is 4.41. The number of rotatable bonds is 2. The van der Waals surface area contributed by atoms with Crippen molar-refractivity contribution in [3.8, 4) is 0 Å². The smallest absolute Gasteiger partial charge is 0.0983 e. The van der Waals surface area contributed by atoms with Gasteiger partial charge < -0.3 is 15.2 Å². The minimum atomic E-state index is 0.106. The van der Waals surface area contributed by atoms with Crippen molar-refractivity contribution < 1.29 is 9.47 Å². The Morgan fingerprint density at radius 2 is 2.25 bits per heavy atom. The summed E-state index contributed by atoms with van der Waals surface area (Å²) in [5, 5.41) is 3.33. The van der Waals surface area contributed by atoms with Crippen molar-refractivity contribution in [1.29, 1.82) is 0 Å². The molecule has 5 heteroatoms. The van der Waals surface area contributed by atoms with Crippen molar-refractivity contribution >= 4 is 11.3 Å². The molecule has 0 spiro atoms. The topological polar surface area (TPSA) is 57.4 Å². The van der Waals surface area contributed by atoms with Crippen molar-refractivity contribution in [3.05, 3.63) is 16.1 Å². The van der Waals surface area contributed by atoms with E-state index in [1.807, 2.05) is 0 Å². The summed E-state index contributed by atoms with van der Waals surface area (Å²) < 4.78 is 10.8. The van der Waals surface area contributed by atoms with Crippen molar-refractivity contribution in [2.75, 3.05) is 26.4 Å². The van der Waals surface area contributed by atoms with Crippen LogP contribution in [0.1, 0.15) is 29.0 Å². The lowest BCUT2D eigenvalue weighted by atomic mass is 10.0. The third-order valence-electron chi connectivity index (χ3n) is 3.32. The van der Waals surface area contributed by atoms with Crippen LogP contribution in [-0.2, 0) is 9.47 Å². The highest BCUT2D eigenvalue weighted by Gasteiger charge is 2.29. The second-order valence-electron chi connectivity index (χ2n) is 4.48. The molecule has 16 heavy (non-hydrogen) atoms. The lowest BCUT2D eigenvalue weighted by Gasteiger charge is -2.09. The molecule has 3 unspecified atom stereocenters. The zero-order valence-electron chi connectivity index (χ0n) is 9.09. The van der Waals surface area contributed by atoms with Gasteiger partial charge in [0.2, 0.25) is 0 Å². The van der Waals surface area contributed by atoms with Gasteiger partial charge in [-0.2, -0.15) is 0 Å². The third kappa shape index (κ3) is 1.88. The molecule has 2 fully saturated rings. The number of nitrogens with two attached hydrogens (primary N) is 1. The molecule has 3 rings (SSSR count). The van der Waals surface area contributed by atoms with E-state index in [0.29, 0.717) is 19.1 Å². The molecule has 0 aliphatic carbocycles. The average Bonchev–Trinajstić information content (AvgIpc) is 2.96. The fraction of sp³-hybridized carbons (Fsp3) is 0.727. The summed E-state index contributed by atoms with van der Waals surface area (Å²) in [4.78, 5) is 4.70. The standard InChI is InChI=1S/C11H16N2O2S/c12-9-5-15-4-8(9)10-6-16-11(13-10)7-1-2-14-3-7/h6-9H,1-5,12H2. The number of ether oxygens (including phenoxy) is 2. The summed E-state index contributed by atoms with van der Waals surface area (Å²) in [7, 11) is 0. The second-order valence-corrected chi connectivity index (χ2v) is 5.37. The van der Waals surface area contributed by atoms with Gasteiger partial charge in [-0.15, -0.1) is 11.3 Å². The molecule has 4 nitrogen and oxygen atoms in total. The van der Waals surface area contributed by atoms with Crippen LogP contribution in [0.4, 0.5) is 0 Å². The summed E-state index contributed by atoms with van der Waals surface area (Å²) in [6.07, 6.45) is 1.10. The van der Waals surface area contributed by atoms with Crippen LogP contribution in [0.3, 0.4) is 0 Å². The van der Waals surface area contributed by atoms with Gasteiger partial charge in [-0.05, 0) is 6.42 Å². The van der Waals surface area contributed by atoms with Crippen LogP contribution in [0.5, 0.6) is 0 Å². The van der Waals surface area contributed by atoms with E-state index in [2.05, 4.69) is 5.38 Å². The molecule has 0 saturated carbocycles. The number of hydrogen-bond donors (Lipinski definition) is 1. The molecular formula is C11H16N2O2S. The average molecular weight is 240 g/mol. The van der Waals surface area contributed by atoms with Gasteiger partial charge in [0.25, 0.3) is 0 Å². The summed E-state index contributed by atoms with van der Waals surface area (Å²) in [5.41, 5.74) is 7.10. The van der Waals surface area contributed by atoms with Gasteiger partial charge in [0, 0.05) is 29.9 Å². The van der Waals surface area contributed by atoms with Crippen LogP contribution in [0.15, 0.2) is 5.38 Å². The molecule has 1 aromatic rings. The number of aromatic nitrogens is 1. The SMILES string of the molecule is NC1COCC1c1csc(C2CCOC2)n1. The van der Waals surface area contributed by atoms with E-state index in [1.165, 1.54) is 5.01 Å². The van der Waals surface area contributed by atoms with Gasteiger partial charge in [-0.1, -0.05) is 0 Å². The lowest BCUT2D eigenvalue weighted by Crippen LogP contribution is -2.27. The predicted octanol–water partition coefficient (Wildman–Crippen LogP) is 1.09. The maximum absolute atomic E-state index is 5.99. The summed E-state index contributed by atoms with van der Waals surface area (Å²) >= 11 is 1.73. The molecule has 0 bridgehead atoms. The zero-order chi connectivity index (χ0) is 11.0. The Balaban J connectivity index is 1.76. The fourth-order valence-corrected chi connectivity index (χ4v) is 3.27. The molecule has 0 aromatic carbocycles. The van der Waals surface area contributed by atoms with Crippen molar-refractivity contribution in [3.63, 3.8) is 0 Å². The quantitative estimate of drug-likeness (QED) is 0.840. The van der Waals surface area contributed by atoms with Crippen molar-refractivity contribution in [1.82, 2.24) is 4.98 Å². The van der Waals surface area contributed by atoms with E-state index in [9.17, 15) is 0 Å². The zero-order valence-corrected chi connectivity index (χ0v) is 9.91. The molecule has 0 amide bonds. The summed E-state index contributed by atoms with van der Waals surface area (Å²) in [6, 6.07) is 0.106. The largest absolute Gasteiger partial charge is 0.381 e. The molecule has 2 N–H and O–H groups in total.